The van der Waals surface area contributed by atoms with Crippen LogP contribution in [0.15, 0.2) is 30.9 Å². The Morgan fingerprint density at radius 3 is 2.76 bits per heavy atom. The number of ether oxygens (including phenoxy) is 1. The largest absolute Gasteiger partial charge is 0.507 e. The highest BCUT2D eigenvalue weighted by molar-refractivity contribution is 7.85. The van der Waals surface area contributed by atoms with E-state index in [0.717, 1.165) is 12.1 Å². The third kappa shape index (κ3) is 4.54. The highest BCUT2D eigenvalue weighted by Gasteiger charge is 2.45. The monoisotopic (exact) mass is 500 g/mol. The molecule has 176 valence electrons. The first-order valence-corrected chi connectivity index (χ1v) is 11.0. The standard InChI is InChI=1S/C17H17ClN6O8S/c18-7-1-2-8(9(25)3-7)16(28)23-33(29,30)31-4-10-12(26)13(27)17(32-10)24-6-22-11-14(19)20-5-21-15(11)24/h1-3,5-6,10,12-13,17,25-27H,4H2,(H,23,28)(H2,19,20,21)/t10?,12-,13-,17?/m1/s1. The number of imidazole rings is 1. The molecule has 0 saturated carbocycles. The number of nitrogens with zero attached hydrogens (tertiary/aromatic N) is 4. The third-order valence-corrected chi connectivity index (χ3v) is 5.92. The molecule has 0 aliphatic carbocycles. The van der Waals surface area contributed by atoms with Gasteiger partial charge in [-0.2, -0.15) is 8.42 Å². The predicted octanol–water partition coefficient (Wildman–Crippen LogP) is -0.922. The number of halogens is 1. The molecule has 0 spiro atoms. The van der Waals surface area contributed by atoms with E-state index in [-0.39, 0.29) is 27.6 Å². The van der Waals surface area contributed by atoms with Crippen LogP contribution in [0, 0.1) is 0 Å². The minimum atomic E-state index is -4.67. The van der Waals surface area contributed by atoms with Gasteiger partial charge in [-0.25, -0.2) is 19.7 Å². The van der Waals surface area contributed by atoms with E-state index in [1.165, 1.54) is 23.3 Å². The maximum absolute atomic E-state index is 12.2. The summed E-state index contributed by atoms with van der Waals surface area (Å²) in [5, 5.41) is 30.6. The lowest BCUT2D eigenvalue weighted by Gasteiger charge is -2.16. The fourth-order valence-corrected chi connectivity index (χ4v) is 4.08. The molecule has 4 atom stereocenters. The first-order valence-electron chi connectivity index (χ1n) is 9.22. The molecule has 2 aromatic heterocycles. The van der Waals surface area contributed by atoms with E-state index in [9.17, 15) is 28.5 Å². The van der Waals surface area contributed by atoms with Crippen LogP contribution >= 0.6 is 11.6 Å². The number of aromatic hydroxyl groups is 1. The number of amides is 1. The van der Waals surface area contributed by atoms with Crippen molar-refractivity contribution in [3.8, 4) is 5.75 Å². The molecule has 6 N–H and O–H groups in total. The number of aromatic nitrogens is 4. The Morgan fingerprint density at radius 2 is 2.03 bits per heavy atom. The fourth-order valence-electron chi connectivity index (χ4n) is 3.20. The summed E-state index contributed by atoms with van der Waals surface area (Å²) in [6, 6.07) is 3.47. The van der Waals surface area contributed by atoms with Crippen LogP contribution < -0.4 is 10.5 Å². The van der Waals surface area contributed by atoms with Crippen molar-refractivity contribution in [3.63, 3.8) is 0 Å². The van der Waals surface area contributed by atoms with Crippen molar-refractivity contribution in [2.24, 2.45) is 0 Å². The molecule has 0 bridgehead atoms. The lowest BCUT2D eigenvalue weighted by atomic mass is 10.1. The molecule has 1 aliphatic heterocycles. The summed E-state index contributed by atoms with van der Waals surface area (Å²) in [7, 11) is -4.67. The van der Waals surface area contributed by atoms with Crippen LogP contribution in [0.1, 0.15) is 16.6 Å². The fraction of sp³-hybridized carbons (Fsp3) is 0.294. The van der Waals surface area contributed by atoms with Gasteiger partial charge in [0, 0.05) is 5.02 Å². The van der Waals surface area contributed by atoms with E-state index < -0.39 is 53.1 Å². The number of aliphatic hydroxyl groups excluding tert-OH is 2. The number of nitrogens with two attached hydrogens (primary N) is 1. The summed E-state index contributed by atoms with van der Waals surface area (Å²) in [5.74, 6) is -1.61. The van der Waals surface area contributed by atoms with Crippen LogP contribution in [0.5, 0.6) is 5.75 Å². The molecule has 2 unspecified atom stereocenters. The molecule has 16 heteroatoms. The van der Waals surface area contributed by atoms with Gasteiger partial charge in [-0.3, -0.25) is 13.5 Å². The molecular formula is C17H17ClN6O8S. The Morgan fingerprint density at radius 1 is 1.27 bits per heavy atom. The number of phenolic OH excluding ortho intramolecular Hbond substituents is 1. The van der Waals surface area contributed by atoms with E-state index in [0.29, 0.717) is 0 Å². The van der Waals surface area contributed by atoms with Gasteiger partial charge in [-0.15, -0.1) is 0 Å². The quantitative estimate of drug-likeness (QED) is 0.278. The average Bonchev–Trinajstić information content (AvgIpc) is 3.29. The number of carbonyl (C=O) groups excluding carboxylic acids is 1. The maximum Gasteiger partial charge on any atom is 0.362 e. The number of carbonyl (C=O) groups is 1. The van der Waals surface area contributed by atoms with Crippen molar-refractivity contribution in [1.29, 1.82) is 0 Å². The Balaban J connectivity index is 1.43. The normalized spacial score (nSPS) is 23.1. The van der Waals surface area contributed by atoms with E-state index in [2.05, 4.69) is 15.0 Å². The van der Waals surface area contributed by atoms with Gasteiger partial charge in [0.05, 0.1) is 18.5 Å². The van der Waals surface area contributed by atoms with Crippen molar-refractivity contribution in [1.82, 2.24) is 24.2 Å². The molecule has 33 heavy (non-hydrogen) atoms. The van der Waals surface area contributed by atoms with Crippen LogP contribution in [-0.2, 0) is 19.2 Å². The summed E-state index contributed by atoms with van der Waals surface area (Å²) in [5.41, 5.74) is 5.85. The van der Waals surface area contributed by atoms with E-state index in [1.807, 2.05) is 0 Å². The zero-order chi connectivity index (χ0) is 23.9. The number of aliphatic hydroxyl groups is 2. The van der Waals surface area contributed by atoms with Crippen molar-refractivity contribution < 1.29 is 37.5 Å². The van der Waals surface area contributed by atoms with Gasteiger partial charge in [-0.05, 0) is 18.2 Å². The topological polar surface area (TPSA) is 212 Å². The number of fused-ring (bicyclic) bond motifs is 1. The van der Waals surface area contributed by atoms with E-state index in [1.54, 1.807) is 4.72 Å². The second kappa shape index (κ2) is 8.69. The molecule has 4 rings (SSSR count). The number of phenols is 1. The van der Waals surface area contributed by atoms with Crippen molar-refractivity contribution in [3.05, 3.63) is 41.4 Å². The van der Waals surface area contributed by atoms with Gasteiger partial charge in [0.25, 0.3) is 5.91 Å². The second-order valence-corrected chi connectivity index (χ2v) is 8.75. The van der Waals surface area contributed by atoms with E-state index >= 15 is 0 Å². The Hall–Kier alpha value is -3.08. The minimum absolute atomic E-state index is 0.0974. The van der Waals surface area contributed by atoms with Crippen molar-refractivity contribution in [2.45, 2.75) is 24.5 Å². The van der Waals surface area contributed by atoms with Crippen LogP contribution in [0.3, 0.4) is 0 Å². The third-order valence-electron chi connectivity index (χ3n) is 4.81. The molecule has 1 fully saturated rings. The van der Waals surface area contributed by atoms with Gasteiger partial charge >= 0.3 is 10.3 Å². The highest BCUT2D eigenvalue weighted by Crippen LogP contribution is 2.32. The highest BCUT2D eigenvalue weighted by atomic mass is 35.5. The van der Waals surface area contributed by atoms with Gasteiger partial charge in [0.15, 0.2) is 17.7 Å². The summed E-state index contributed by atoms with van der Waals surface area (Å²) in [6.45, 7) is -0.742. The number of hydrogen-bond acceptors (Lipinski definition) is 12. The number of nitrogen functional groups attached to an aromatic ring is 1. The molecule has 3 heterocycles. The number of rotatable bonds is 6. The number of benzene rings is 1. The van der Waals surface area contributed by atoms with Crippen molar-refractivity contribution in [2.75, 3.05) is 12.3 Å². The van der Waals surface area contributed by atoms with Crippen LogP contribution in [0.2, 0.25) is 5.02 Å². The molecule has 1 amide bonds. The lowest BCUT2D eigenvalue weighted by molar-refractivity contribution is -0.0468. The lowest BCUT2D eigenvalue weighted by Crippen LogP contribution is -2.37. The summed E-state index contributed by atoms with van der Waals surface area (Å²) >= 11 is 5.68. The predicted molar refractivity (Wildman–Crippen MR) is 111 cm³/mol. The summed E-state index contributed by atoms with van der Waals surface area (Å²) < 4.78 is 37.5. The van der Waals surface area contributed by atoms with E-state index in [4.69, 9.17) is 26.3 Å². The van der Waals surface area contributed by atoms with Gasteiger partial charge in [0.2, 0.25) is 0 Å². The van der Waals surface area contributed by atoms with Crippen LogP contribution in [-0.4, -0.2) is 74.1 Å². The van der Waals surface area contributed by atoms with Crippen LogP contribution in [0.4, 0.5) is 5.82 Å². The Bertz CT molecular complexity index is 1320. The molecule has 3 aromatic rings. The average molecular weight is 501 g/mol. The van der Waals surface area contributed by atoms with Crippen molar-refractivity contribution >= 4 is 44.8 Å². The first-order chi connectivity index (χ1) is 15.6. The minimum Gasteiger partial charge on any atom is -0.507 e. The van der Waals surface area contributed by atoms with Gasteiger partial charge in [-0.1, -0.05) is 11.6 Å². The zero-order valence-corrected chi connectivity index (χ0v) is 18.0. The Kier molecular flexibility index (Phi) is 6.08. The van der Waals surface area contributed by atoms with Gasteiger partial charge < -0.3 is 25.8 Å². The number of hydrogen-bond donors (Lipinski definition) is 5. The molecule has 14 nitrogen and oxygen atoms in total. The molecular weight excluding hydrogens is 484 g/mol. The molecule has 1 aliphatic rings. The zero-order valence-electron chi connectivity index (χ0n) is 16.4. The molecule has 1 saturated heterocycles. The molecule has 1 aromatic carbocycles. The first kappa shape index (κ1) is 23.1. The molecule has 0 radical (unpaired) electrons. The van der Waals surface area contributed by atoms with Crippen LogP contribution in [0.25, 0.3) is 11.2 Å². The number of anilines is 1. The smallest absolute Gasteiger partial charge is 0.362 e. The maximum atomic E-state index is 12.2. The number of nitrogens with one attached hydrogen (secondary N) is 1. The Labute approximate surface area is 190 Å². The summed E-state index contributed by atoms with van der Waals surface area (Å²) in [6.07, 6.45) is -3.06. The summed E-state index contributed by atoms with van der Waals surface area (Å²) in [4.78, 5) is 24.0. The van der Waals surface area contributed by atoms with Gasteiger partial charge in [0.1, 0.15) is 35.9 Å². The SMILES string of the molecule is Nc1ncnc2c1ncn2C1OC(COS(=O)(=O)NC(=O)c2ccc(Cl)cc2O)[C@@H](O)[C@H]1O. The second-order valence-electron chi connectivity index (χ2n) is 6.96.